The molecule has 116 valence electrons. The third-order valence-electron chi connectivity index (χ3n) is 3.25. The summed E-state index contributed by atoms with van der Waals surface area (Å²) in [6.45, 7) is 1.86. The molecule has 0 saturated heterocycles. The van der Waals surface area contributed by atoms with Crippen LogP contribution in [0, 0.1) is 5.82 Å². The Morgan fingerprint density at radius 1 is 1.38 bits per heavy atom. The Hall–Kier alpha value is -0.850. The number of rotatable bonds is 6. The van der Waals surface area contributed by atoms with E-state index in [4.69, 9.17) is 23.2 Å². The molecule has 21 heavy (non-hydrogen) atoms. The lowest BCUT2D eigenvalue weighted by molar-refractivity contribution is 0.589. The van der Waals surface area contributed by atoms with Gasteiger partial charge in [-0.1, -0.05) is 18.5 Å². The molecular formula is C13H15Cl2FN2O2S. The number of hydrogen-bond donors (Lipinski definition) is 0. The van der Waals surface area contributed by atoms with Crippen LogP contribution in [0.15, 0.2) is 12.1 Å². The van der Waals surface area contributed by atoms with Crippen LogP contribution in [0.25, 0.3) is 11.0 Å². The molecule has 0 saturated carbocycles. The van der Waals surface area contributed by atoms with Gasteiger partial charge in [-0.3, -0.25) is 0 Å². The fourth-order valence-corrected chi connectivity index (χ4v) is 3.15. The lowest BCUT2D eigenvalue weighted by Gasteiger charge is -2.08. The smallest absolute Gasteiger partial charge is 0.151 e. The summed E-state index contributed by atoms with van der Waals surface area (Å²) < 4.78 is 38.6. The normalized spacial score (nSPS) is 12.2. The van der Waals surface area contributed by atoms with E-state index < -0.39 is 15.7 Å². The maximum absolute atomic E-state index is 13.5. The summed E-state index contributed by atoms with van der Waals surface area (Å²) >= 11 is 11.5. The van der Waals surface area contributed by atoms with Crippen LogP contribution in [-0.4, -0.2) is 35.4 Å². The molecule has 0 bridgehead atoms. The van der Waals surface area contributed by atoms with E-state index in [0.717, 1.165) is 0 Å². The third-order valence-corrected chi connectivity index (χ3v) is 5.42. The fraction of sp³-hybridized carbons (Fsp3) is 0.462. The molecule has 0 aliphatic carbocycles. The van der Waals surface area contributed by atoms with Crippen LogP contribution in [0.4, 0.5) is 4.39 Å². The number of imidazole rings is 1. The van der Waals surface area contributed by atoms with Crippen molar-refractivity contribution >= 4 is 44.1 Å². The number of nitrogens with zero attached hydrogens (tertiary/aromatic N) is 2. The topological polar surface area (TPSA) is 52.0 Å². The fourth-order valence-electron chi connectivity index (χ4n) is 2.07. The van der Waals surface area contributed by atoms with Crippen molar-refractivity contribution < 1.29 is 12.8 Å². The molecule has 2 rings (SSSR count). The molecule has 4 nitrogen and oxygen atoms in total. The van der Waals surface area contributed by atoms with Crippen molar-refractivity contribution in [2.45, 2.75) is 19.9 Å². The van der Waals surface area contributed by atoms with Crippen LogP contribution < -0.4 is 0 Å². The highest BCUT2D eigenvalue weighted by molar-refractivity contribution is 7.91. The number of sulfone groups is 1. The first-order chi connectivity index (χ1) is 9.88. The third kappa shape index (κ3) is 3.67. The summed E-state index contributed by atoms with van der Waals surface area (Å²) in [4.78, 5) is 4.32. The molecular weight excluding hydrogens is 338 g/mol. The Morgan fingerprint density at radius 3 is 2.71 bits per heavy atom. The average molecular weight is 353 g/mol. The summed E-state index contributed by atoms with van der Waals surface area (Å²) in [5.74, 6) is 0.513. The van der Waals surface area contributed by atoms with Crippen LogP contribution in [0.1, 0.15) is 12.7 Å². The summed E-state index contributed by atoms with van der Waals surface area (Å²) in [5.41, 5.74) is 1.07. The second-order valence-corrected chi connectivity index (χ2v) is 7.87. The number of hydrogen-bond acceptors (Lipinski definition) is 3. The van der Waals surface area contributed by atoms with Crippen LogP contribution >= 0.6 is 23.2 Å². The number of alkyl halides is 1. The van der Waals surface area contributed by atoms with Gasteiger partial charge in [0.05, 0.1) is 21.8 Å². The van der Waals surface area contributed by atoms with Crippen LogP contribution in [0.3, 0.4) is 0 Å². The second kappa shape index (κ2) is 6.50. The van der Waals surface area contributed by atoms with Crippen molar-refractivity contribution in [3.05, 3.63) is 28.8 Å². The van der Waals surface area contributed by atoms with Crippen LogP contribution in [0.2, 0.25) is 5.02 Å². The maximum atomic E-state index is 13.5. The van der Waals surface area contributed by atoms with Crippen molar-refractivity contribution in [2.24, 2.45) is 0 Å². The first-order valence-corrected chi connectivity index (χ1v) is 9.22. The van der Waals surface area contributed by atoms with Gasteiger partial charge < -0.3 is 4.57 Å². The van der Waals surface area contributed by atoms with Crippen molar-refractivity contribution in [1.82, 2.24) is 9.55 Å². The minimum Gasteiger partial charge on any atom is -0.327 e. The van der Waals surface area contributed by atoms with Crippen molar-refractivity contribution in [3.63, 3.8) is 0 Å². The highest BCUT2D eigenvalue weighted by atomic mass is 35.5. The summed E-state index contributed by atoms with van der Waals surface area (Å²) in [5, 5.41) is -0.0144. The zero-order valence-corrected chi connectivity index (χ0v) is 13.8. The molecule has 0 unspecified atom stereocenters. The van der Waals surface area contributed by atoms with E-state index in [9.17, 15) is 12.8 Å². The Labute approximate surface area is 132 Å². The maximum Gasteiger partial charge on any atom is 0.151 e. The zero-order valence-electron chi connectivity index (χ0n) is 11.4. The molecule has 0 aliphatic rings. The number of benzene rings is 1. The van der Waals surface area contributed by atoms with E-state index in [-0.39, 0.29) is 23.1 Å². The van der Waals surface area contributed by atoms with Crippen LogP contribution in [0.5, 0.6) is 0 Å². The highest BCUT2D eigenvalue weighted by Gasteiger charge is 2.16. The van der Waals surface area contributed by atoms with E-state index in [1.165, 1.54) is 12.1 Å². The van der Waals surface area contributed by atoms with Gasteiger partial charge in [0.2, 0.25) is 0 Å². The molecule has 2 aromatic rings. The largest absolute Gasteiger partial charge is 0.327 e. The van der Waals surface area contributed by atoms with Gasteiger partial charge in [-0.2, -0.15) is 0 Å². The van der Waals surface area contributed by atoms with Gasteiger partial charge >= 0.3 is 0 Å². The van der Waals surface area contributed by atoms with E-state index >= 15 is 0 Å². The zero-order chi connectivity index (χ0) is 15.6. The van der Waals surface area contributed by atoms with Gasteiger partial charge in [-0.05, 0) is 6.07 Å². The van der Waals surface area contributed by atoms with Crippen molar-refractivity contribution in [3.8, 4) is 0 Å². The molecule has 1 aromatic heterocycles. The summed E-state index contributed by atoms with van der Waals surface area (Å²) in [6.07, 6.45) is 0.474. The lowest BCUT2D eigenvalue weighted by atomic mass is 10.3. The van der Waals surface area contributed by atoms with Gasteiger partial charge in [0.1, 0.15) is 11.6 Å². The van der Waals surface area contributed by atoms with E-state index in [1.54, 1.807) is 11.5 Å². The number of aryl methyl sites for hydroxylation is 2. The molecule has 0 N–H and O–H groups in total. The first-order valence-electron chi connectivity index (χ1n) is 6.48. The van der Waals surface area contributed by atoms with Gasteiger partial charge in [-0.15, -0.1) is 11.6 Å². The average Bonchev–Trinajstić information content (AvgIpc) is 2.75. The second-order valence-electron chi connectivity index (χ2n) is 4.61. The molecule has 0 radical (unpaired) electrons. The first kappa shape index (κ1) is 16.5. The minimum atomic E-state index is -3.10. The van der Waals surface area contributed by atoms with E-state index in [1.807, 2.05) is 0 Å². The molecule has 0 atom stereocenters. The molecule has 1 aromatic carbocycles. The predicted octanol–water partition coefficient (Wildman–Crippen LogP) is 3.04. The number of fused-ring (bicyclic) bond motifs is 1. The van der Waals surface area contributed by atoms with Crippen molar-refractivity contribution in [2.75, 3.05) is 17.4 Å². The summed E-state index contributed by atoms with van der Waals surface area (Å²) in [6, 6.07) is 2.72. The quantitative estimate of drug-likeness (QED) is 0.750. The predicted molar refractivity (Wildman–Crippen MR) is 83.5 cm³/mol. The monoisotopic (exact) mass is 352 g/mol. The molecule has 0 aliphatic heterocycles. The Bertz CT molecular complexity index is 759. The SMILES string of the molecule is CCS(=O)(=O)CCn1c(CCCl)nc2cc(F)c(Cl)cc21. The standard InChI is InChI=1S/C13H15Cl2FN2O2S/c1-2-21(19,20)6-5-18-12-7-9(15)10(16)8-11(12)17-13(18)3-4-14/h7-8H,2-6H2,1H3. The Kier molecular flexibility index (Phi) is 5.11. The number of aromatic nitrogens is 2. The van der Waals surface area contributed by atoms with Gasteiger partial charge in [0.15, 0.2) is 9.84 Å². The van der Waals surface area contributed by atoms with Gasteiger partial charge in [-0.25, -0.2) is 17.8 Å². The summed E-state index contributed by atoms with van der Waals surface area (Å²) in [7, 11) is -3.10. The van der Waals surface area contributed by atoms with Gasteiger partial charge in [0, 0.05) is 30.7 Å². The van der Waals surface area contributed by atoms with Gasteiger partial charge in [0.25, 0.3) is 0 Å². The molecule has 1 heterocycles. The highest BCUT2D eigenvalue weighted by Crippen LogP contribution is 2.24. The van der Waals surface area contributed by atoms with E-state index in [2.05, 4.69) is 4.98 Å². The van der Waals surface area contributed by atoms with E-state index in [0.29, 0.717) is 29.2 Å². The molecule has 8 heteroatoms. The molecule has 0 fully saturated rings. The lowest BCUT2D eigenvalue weighted by Crippen LogP contribution is -2.16. The Balaban J connectivity index is 2.48. The number of halogens is 3. The van der Waals surface area contributed by atoms with Crippen LogP contribution in [-0.2, 0) is 22.8 Å². The molecule has 0 spiro atoms. The molecule has 0 amide bonds. The Morgan fingerprint density at radius 2 is 2.10 bits per heavy atom. The minimum absolute atomic E-state index is 0.000753. The van der Waals surface area contributed by atoms with Crippen molar-refractivity contribution in [1.29, 1.82) is 0 Å².